The zero-order valence-corrected chi connectivity index (χ0v) is 13.5. The van der Waals surface area contributed by atoms with Crippen molar-refractivity contribution >= 4 is 5.91 Å². The predicted octanol–water partition coefficient (Wildman–Crippen LogP) is 1.11. The highest BCUT2D eigenvalue weighted by Crippen LogP contribution is 2.30. The van der Waals surface area contributed by atoms with Crippen molar-refractivity contribution in [1.29, 1.82) is 0 Å². The molecule has 21 heavy (non-hydrogen) atoms. The summed E-state index contributed by atoms with van der Waals surface area (Å²) in [6.07, 6.45) is 5.49. The van der Waals surface area contributed by atoms with Crippen molar-refractivity contribution in [3.8, 4) is 0 Å². The molecule has 2 rings (SSSR count). The lowest BCUT2D eigenvalue weighted by Crippen LogP contribution is -2.48. The van der Waals surface area contributed by atoms with E-state index in [9.17, 15) is 9.90 Å². The first-order valence-corrected chi connectivity index (χ1v) is 8.31. The highest BCUT2D eigenvalue weighted by molar-refractivity contribution is 5.81. The largest absolute Gasteiger partial charge is 0.383 e. The first kappa shape index (κ1) is 16.7. The Morgan fingerprint density at radius 2 is 1.95 bits per heavy atom. The van der Waals surface area contributed by atoms with Crippen LogP contribution in [-0.4, -0.2) is 73.4 Å². The Hall–Kier alpha value is -0.650. The van der Waals surface area contributed by atoms with Gasteiger partial charge in [0.25, 0.3) is 5.91 Å². The summed E-state index contributed by atoms with van der Waals surface area (Å²) in [6.45, 7) is 3.29. The number of rotatable bonds is 7. The van der Waals surface area contributed by atoms with Gasteiger partial charge in [-0.1, -0.05) is 6.42 Å². The molecule has 0 radical (unpaired) electrons. The van der Waals surface area contributed by atoms with Crippen molar-refractivity contribution in [3.05, 3.63) is 0 Å². The van der Waals surface area contributed by atoms with Gasteiger partial charge in [0.15, 0.2) is 0 Å². The number of aliphatic hydroxyl groups excluding tert-OH is 1. The van der Waals surface area contributed by atoms with Crippen LogP contribution in [0.3, 0.4) is 0 Å². The summed E-state index contributed by atoms with van der Waals surface area (Å²) in [5.74, 6) is 0.142. The van der Waals surface area contributed by atoms with Crippen LogP contribution in [0.2, 0.25) is 0 Å². The molecule has 1 amide bonds. The molecule has 5 heteroatoms. The molecule has 5 nitrogen and oxygen atoms in total. The Bertz CT molecular complexity index is 323. The van der Waals surface area contributed by atoms with Crippen molar-refractivity contribution in [2.24, 2.45) is 5.92 Å². The highest BCUT2D eigenvalue weighted by Gasteiger charge is 2.34. The van der Waals surface area contributed by atoms with E-state index in [1.54, 1.807) is 0 Å². The first-order valence-electron chi connectivity index (χ1n) is 8.31. The van der Waals surface area contributed by atoms with Gasteiger partial charge >= 0.3 is 0 Å². The van der Waals surface area contributed by atoms with Crippen LogP contribution in [0.5, 0.6) is 0 Å². The van der Waals surface area contributed by atoms with Crippen LogP contribution >= 0.6 is 0 Å². The second kappa shape index (κ2) is 8.11. The van der Waals surface area contributed by atoms with E-state index < -0.39 is 6.10 Å². The van der Waals surface area contributed by atoms with E-state index >= 15 is 0 Å². The van der Waals surface area contributed by atoms with E-state index in [4.69, 9.17) is 4.74 Å². The molecule has 0 aromatic heterocycles. The number of hydrogen-bond acceptors (Lipinski definition) is 4. The third-order valence-electron chi connectivity index (χ3n) is 4.71. The van der Waals surface area contributed by atoms with E-state index in [0.29, 0.717) is 0 Å². The van der Waals surface area contributed by atoms with Crippen LogP contribution in [0.25, 0.3) is 0 Å². The van der Waals surface area contributed by atoms with E-state index in [1.165, 1.54) is 0 Å². The van der Waals surface area contributed by atoms with E-state index in [-0.39, 0.29) is 17.9 Å². The molecule has 0 aromatic rings. The Morgan fingerprint density at radius 3 is 2.48 bits per heavy atom. The molecular formula is C16H30N2O3. The number of carbonyl (C=O) groups excluding carboxylic acids is 1. The molecule has 1 aliphatic heterocycles. The number of ether oxygens (including phenoxy) is 1. The monoisotopic (exact) mass is 298 g/mol. The number of likely N-dealkylation sites (tertiary alicyclic amines) is 1. The van der Waals surface area contributed by atoms with Gasteiger partial charge in [0.2, 0.25) is 0 Å². The number of aliphatic hydroxyl groups is 1. The van der Waals surface area contributed by atoms with Gasteiger partial charge in [0.1, 0.15) is 6.10 Å². The standard InChI is InChI=1S/C16H30N2O3/c1-17(2)9-4-12-21-14-7-10-18(11-8-14)16(20)15(19)13-5-3-6-13/h13-15,19H,3-12H2,1-2H3/t15-/m1/s1. The van der Waals surface area contributed by atoms with Gasteiger partial charge in [0.05, 0.1) is 6.10 Å². The molecule has 0 spiro atoms. The van der Waals surface area contributed by atoms with Crippen molar-refractivity contribution < 1.29 is 14.6 Å². The predicted molar refractivity (Wildman–Crippen MR) is 82.1 cm³/mol. The lowest BCUT2D eigenvalue weighted by molar-refractivity contribution is -0.147. The molecule has 1 heterocycles. The maximum Gasteiger partial charge on any atom is 0.251 e. The van der Waals surface area contributed by atoms with E-state index in [0.717, 1.165) is 64.8 Å². The Labute approximate surface area is 128 Å². The molecule has 1 aliphatic carbocycles. The van der Waals surface area contributed by atoms with Gasteiger partial charge in [-0.2, -0.15) is 0 Å². The van der Waals surface area contributed by atoms with Gasteiger partial charge in [-0.15, -0.1) is 0 Å². The van der Waals surface area contributed by atoms with Crippen LogP contribution in [-0.2, 0) is 9.53 Å². The summed E-state index contributed by atoms with van der Waals surface area (Å²) in [5.41, 5.74) is 0. The number of amides is 1. The molecule has 1 N–H and O–H groups in total. The van der Waals surface area contributed by atoms with Gasteiger partial charge in [-0.05, 0) is 58.7 Å². The Morgan fingerprint density at radius 1 is 1.29 bits per heavy atom. The van der Waals surface area contributed by atoms with Crippen molar-refractivity contribution in [2.75, 3.05) is 40.3 Å². The van der Waals surface area contributed by atoms with Gasteiger partial charge < -0.3 is 19.6 Å². The summed E-state index contributed by atoms with van der Waals surface area (Å²) in [5, 5.41) is 10.1. The first-order chi connectivity index (χ1) is 10.1. The van der Waals surface area contributed by atoms with Crippen molar-refractivity contribution in [3.63, 3.8) is 0 Å². The maximum atomic E-state index is 12.2. The number of nitrogens with zero attached hydrogens (tertiary/aromatic N) is 2. The molecule has 1 saturated heterocycles. The third-order valence-corrected chi connectivity index (χ3v) is 4.71. The second-order valence-electron chi connectivity index (χ2n) is 6.69. The lowest BCUT2D eigenvalue weighted by Gasteiger charge is -2.36. The quantitative estimate of drug-likeness (QED) is 0.715. The van der Waals surface area contributed by atoms with Crippen LogP contribution in [0.15, 0.2) is 0 Å². The van der Waals surface area contributed by atoms with E-state index in [2.05, 4.69) is 19.0 Å². The summed E-state index contributed by atoms with van der Waals surface area (Å²) >= 11 is 0. The average Bonchev–Trinajstić information content (AvgIpc) is 2.41. The number of piperidine rings is 1. The Balaban J connectivity index is 1.62. The fourth-order valence-corrected chi connectivity index (χ4v) is 3.02. The average molecular weight is 298 g/mol. The molecule has 0 unspecified atom stereocenters. The minimum Gasteiger partial charge on any atom is -0.383 e. The zero-order valence-electron chi connectivity index (χ0n) is 13.5. The molecule has 122 valence electrons. The SMILES string of the molecule is CN(C)CCCOC1CCN(C(=O)[C@H](O)C2CCC2)CC1. The Kier molecular flexibility index (Phi) is 6.45. The van der Waals surface area contributed by atoms with Gasteiger partial charge in [0, 0.05) is 19.7 Å². The zero-order chi connectivity index (χ0) is 15.2. The smallest absolute Gasteiger partial charge is 0.251 e. The normalized spacial score (nSPS) is 22.4. The third kappa shape index (κ3) is 4.94. The summed E-state index contributed by atoms with van der Waals surface area (Å²) < 4.78 is 5.87. The second-order valence-corrected chi connectivity index (χ2v) is 6.69. The number of carbonyl (C=O) groups is 1. The molecule has 1 saturated carbocycles. The van der Waals surface area contributed by atoms with Crippen LogP contribution in [0.4, 0.5) is 0 Å². The molecule has 1 atom stereocenters. The fourth-order valence-electron chi connectivity index (χ4n) is 3.02. The lowest BCUT2D eigenvalue weighted by atomic mass is 9.80. The summed E-state index contributed by atoms with van der Waals surface area (Å²) in [7, 11) is 4.13. The minimum atomic E-state index is -0.767. The van der Waals surface area contributed by atoms with Crippen LogP contribution in [0, 0.1) is 5.92 Å². The van der Waals surface area contributed by atoms with Crippen molar-refractivity contribution in [2.45, 2.75) is 50.7 Å². The summed E-state index contributed by atoms with van der Waals surface area (Å²) in [6, 6.07) is 0. The molecule has 0 aromatic carbocycles. The maximum absolute atomic E-state index is 12.2. The highest BCUT2D eigenvalue weighted by atomic mass is 16.5. The number of hydrogen-bond donors (Lipinski definition) is 1. The minimum absolute atomic E-state index is 0.0641. The van der Waals surface area contributed by atoms with Crippen LogP contribution in [0.1, 0.15) is 38.5 Å². The van der Waals surface area contributed by atoms with E-state index in [1.807, 2.05) is 4.90 Å². The van der Waals surface area contributed by atoms with Gasteiger partial charge in [-0.25, -0.2) is 0 Å². The van der Waals surface area contributed by atoms with Gasteiger partial charge in [-0.3, -0.25) is 4.79 Å². The van der Waals surface area contributed by atoms with Crippen LogP contribution < -0.4 is 0 Å². The molecular weight excluding hydrogens is 268 g/mol. The molecule has 2 fully saturated rings. The fraction of sp³-hybridized carbons (Fsp3) is 0.938. The van der Waals surface area contributed by atoms with Crippen molar-refractivity contribution in [1.82, 2.24) is 9.80 Å². The molecule has 2 aliphatic rings. The topological polar surface area (TPSA) is 53.0 Å². The molecule has 0 bridgehead atoms. The summed E-state index contributed by atoms with van der Waals surface area (Å²) in [4.78, 5) is 16.2.